The van der Waals surface area contributed by atoms with E-state index in [-0.39, 0.29) is 23.7 Å². The first kappa shape index (κ1) is 21.8. The van der Waals surface area contributed by atoms with Gasteiger partial charge in [-0.1, -0.05) is 40.5 Å². The third-order valence-corrected chi connectivity index (χ3v) is 7.37. The van der Waals surface area contributed by atoms with Crippen LogP contribution < -0.4 is 0 Å². The Balaban J connectivity index is 2.29. The van der Waals surface area contributed by atoms with E-state index in [0.717, 1.165) is 12.8 Å². The van der Waals surface area contributed by atoms with Crippen molar-refractivity contribution in [1.29, 1.82) is 0 Å². The molecule has 1 N–H and O–H groups in total. The van der Waals surface area contributed by atoms with Crippen molar-refractivity contribution < 1.29 is 31.4 Å². The lowest BCUT2D eigenvalue weighted by atomic mass is 9.62. The number of alkyl halides is 6. The quantitative estimate of drug-likeness (QED) is 0.536. The first-order valence-electron chi connectivity index (χ1n) is 9.64. The maximum absolute atomic E-state index is 13.1. The fraction of sp³-hybridized carbons (Fsp3) is 1.00. The number of fused-ring (bicyclic) bond motifs is 2. The second-order valence-electron chi connectivity index (χ2n) is 8.64. The number of hydrogen-bond acceptors (Lipinski definition) is 1. The van der Waals surface area contributed by atoms with E-state index >= 15 is 0 Å². The smallest absolute Gasteiger partial charge is 0.374 e. The molecule has 2 fully saturated rings. The minimum absolute atomic E-state index is 0.143. The molecule has 0 radical (unpaired) electrons. The molecular weight excluding hydrogens is 358 g/mol. The van der Waals surface area contributed by atoms with E-state index in [1.807, 2.05) is 6.92 Å². The van der Waals surface area contributed by atoms with Crippen LogP contribution in [0.3, 0.4) is 0 Å². The van der Waals surface area contributed by atoms with E-state index in [1.165, 1.54) is 0 Å². The highest BCUT2D eigenvalue weighted by Gasteiger charge is 2.71. The van der Waals surface area contributed by atoms with Gasteiger partial charge in [0.05, 0.1) is 0 Å². The van der Waals surface area contributed by atoms with Crippen molar-refractivity contribution >= 4 is 0 Å². The fourth-order valence-electron chi connectivity index (χ4n) is 5.78. The lowest BCUT2D eigenvalue weighted by Crippen LogP contribution is -2.58. The SMILES string of the molecule is CCC(C)C1C2CC(CC(O)(C(F)(F)F)C(F)(F)F)C(C2)C1C(C)CC. The zero-order chi connectivity index (χ0) is 20.1. The van der Waals surface area contributed by atoms with Gasteiger partial charge in [-0.2, -0.15) is 26.3 Å². The van der Waals surface area contributed by atoms with Gasteiger partial charge in [0.25, 0.3) is 5.60 Å². The van der Waals surface area contributed by atoms with E-state index in [2.05, 4.69) is 20.8 Å². The van der Waals surface area contributed by atoms with Crippen LogP contribution in [0.1, 0.15) is 59.8 Å². The van der Waals surface area contributed by atoms with Crippen LogP contribution in [0.2, 0.25) is 0 Å². The molecule has 0 saturated heterocycles. The molecule has 0 aromatic rings. The minimum atomic E-state index is -5.71. The summed E-state index contributed by atoms with van der Waals surface area (Å²) in [6, 6.07) is 0. The van der Waals surface area contributed by atoms with E-state index in [9.17, 15) is 31.4 Å². The molecule has 0 aromatic carbocycles. The van der Waals surface area contributed by atoms with Crippen LogP contribution in [-0.2, 0) is 0 Å². The molecule has 1 nitrogen and oxygen atoms in total. The van der Waals surface area contributed by atoms with Gasteiger partial charge in [0.15, 0.2) is 0 Å². The highest BCUT2D eigenvalue weighted by Crippen LogP contribution is 2.63. The predicted molar refractivity (Wildman–Crippen MR) is 87.3 cm³/mol. The van der Waals surface area contributed by atoms with Crippen molar-refractivity contribution in [2.24, 2.45) is 41.4 Å². The molecule has 2 bridgehead atoms. The van der Waals surface area contributed by atoms with E-state index in [1.54, 1.807) is 0 Å². The Morgan fingerprint density at radius 3 is 1.73 bits per heavy atom. The number of rotatable bonds is 6. The summed E-state index contributed by atoms with van der Waals surface area (Å²) in [7, 11) is 0. The zero-order valence-corrected chi connectivity index (χ0v) is 15.8. The van der Waals surface area contributed by atoms with Gasteiger partial charge < -0.3 is 5.11 Å². The van der Waals surface area contributed by atoms with Gasteiger partial charge >= 0.3 is 12.4 Å². The maximum atomic E-state index is 13.1. The normalized spacial score (nSPS) is 35.0. The lowest BCUT2D eigenvalue weighted by molar-refractivity contribution is -0.373. The van der Waals surface area contributed by atoms with E-state index in [4.69, 9.17) is 0 Å². The Bertz CT molecular complexity index is 471. The van der Waals surface area contributed by atoms with Crippen molar-refractivity contribution in [2.75, 3.05) is 0 Å². The third-order valence-electron chi connectivity index (χ3n) is 7.37. The molecule has 7 unspecified atom stereocenters. The summed E-state index contributed by atoms with van der Waals surface area (Å²) < 4.78 is 78.6. The molecule has 0 aliphatic heterocycles. The first-order chi connectivity index (χ1) is 11.8. The van der Waals surface area contributed by atoms with Crippen LogP contribution in [-0.4, -0.2) is 23.1 Å². The fourth-order valence-corrected chi connectivity index (χ4v) is 5.78. The second-order valence-corrected chi connectivity index (χ2v) is 8.64. The molecule has 2 aliphatic carbocycles. The Hall–Kier alpha value is -0.460. The summed E-state index contributed by atoms with van der Waals surface area (Å²) in [5.41, 5.74) is -4.61. The third kappa shape index (κ3) is 3.49. The van der Waals surface area contributed by atoms with Crippen molar-refractivity contribution in [3.8, 4) is 0 Å². The average molecular weight is 388 g/mol. The molecular formula is C19H30F6O. The summed E-state index contributed by atoms with van der Waals surface area (Å²) in [6.45, 7) is 8.28. The summed E-state index contributed by atoms with van der Waals surface area (Å²) in [6.07, 6.45) is -9.82. The Morgan fingerprint density at radius 1 is 0.846 bits per heavy atom. The average Bonchev–Trinajstić information content (AvgIpc) is 3.08. The molecule has 0 heterocycles. The van der Waals surface area contributed by atoms with Gasteiger partial charge in [0.2, 0.25) is 0 Å². The summed E-state index contributed by atoms with van der Waals surface area (Å²) in [5.74, 6) is 0.457. The molecule has 7 heteroatoms. The predicted octanol–water partition coefficient (Wildman–Crippen LogP) is 6.21. The second kappa shape index (κ2) is 7.17. The van der Waals surface area contributed by atoms with Gasteiger partial charge in [-0.05, 0) is 60.7 Å². The summed E-state index contributed by atoms with van der Waals surface area (Å²) in [4.78, 5) is 0. The van der Waals surface area contributed by atoms with Gasteiger partial charge in [-0.15, -0.1) is 0 Å². The molecule has 2 saturated carbocycles. The van der Waals surface area contributed by atoms with Crippen LogP contribution >= 0.6 is 0 Å². The van der Waals surface area contributed by atoms with Crippen molar-refractivity contribution in [3.63, 3.8) is 0 Å². The largest absolute Gasteiger partial charge is 0.426 e. The highest BCUT2D eigenvalue weighted by molar-refractivity contribution is 5.06. The minimum Gasteiger partial charge on any atom is -0.374 e. The zero-order valence-electron chi connectivity index (χ0n) is 15.8. The van der Waals surface area contributed by atoms with E-state index < -0.39 is 30.3 Å². The van der Waals surface area contributed by atoms with Crippen LogP contribution in [0.5, 0.6) is 0 Å². The number of hydrogen-bond donors (Lipinski definition) is 1. The molecule has 0 aromatic heterocycles. The molecule has 0 amide bonds. The Morgan fingerprint density at radius 2 is 1.31 bits per heavy atom. The van der Waals surface area contributed by atoms with Crippen LogP contribution in [0, 0.1) is 41.4 Å². The monoisotopic (exact) mass is 388 g/mol. The molecule has 2 rings (SSSR count). The van der Waals surface area contributed by atoms with Gasteiger partial charge in [0.1, 0.15) is 0 Å². The van der Waals surface area contributed by atoms with Crippen molar-refractivity contribution in [3.05, 3.63) is 0 Å². The first-order valence-corrected chi connectivity index (χ1v) is 9.64. The van der Waals surface area contributed by atoms with Crippen molar-refractivity contribution in [1.82, 2.24) is 0 Å². The molecule has 26 heavy (non-hydrogen) atoms. The van der Waals surface area contributed by atoms with Crippen LogP contribution in [0.15, 0.2) is 0 Å². The molecule has 154 valence electrons. The topological polar surface area (TPSA) is 20.2 Å². The highest BCUT2D eigenvalue weighted by atomic mass is 19.4. The number of halogens is 6. The maximum Gasteiger partial charge on any atom is 0.426 e. The van der Waals surface area contributed by atoms with E-state index in [0.29, 0.717) is 24.7 Å². The van der Waals surface area contributed by atoms with Crippen molar-refractivity contribution in [2.45, 2.75) is 77.8 Å². The standard InChI is InChI=1S/C19H30F6O/c1-5-10(3)15-12-7-13(14(8-12)16(15)11(4)6-2)9-17(26,18(20,21)22)19(23,24)25/h10-16,26H,5-9H2,1-4H3. The molecule has 2 aliphatic rings. The molecule has 0 spiro atoms. The number of aliphatic hydroxyl groups is 1. The van der Waals surface area contributed by atoms with Crippen LogP contribution in [0.25, 0.3) is 0 Å². The lowest BCUT2D eigenvalue weighted by Gasteiger charge is -2.44. The van der Waals surface area contributed by atoms with Gasteiger partial charge in [0, 0.05) is 0 Å². The Kier molecular flexibility index (Phi) is 6.02. The van der Waals surface area contributed by atoms with Crippen LogP contribution in [0.4, 0.5) is 26.3 Å². The summed E-state index contributed by atoms with van der Waals surface area (Å²) in [5, 5.41) is 9.63. The van der Waals surface area contributed by atoms with Gasteiger partial charge in [-0.3, -0.25) is 0 Å². The van der Waals surface area contributed by atoms with Gasteiger partial charge in [-0.25, -0.2) is 0 Å². The Labute approximate surface area is 151 Å². The molecule has 7 atom stereocenters. The summed E-state index contributed by atoms with van der Waals surface area (Å²) >= 11 is 0.